The van der Waals surface area contributed by atoms with Crippen molar-refractivity contribution in [2.75, 3.05) is 19.6 Å². The number of rotatable bonds is 3. The van der Waals surface area contributed by atoms with Gasteiger partial charge < -0.3 is 10.6 Å². The fourth-order valence-corrected chi connectivity index (χ4v) is 2.27. The van der Waals surface area contributed by atoms with Crippen LogP contribution in [-0.2, 0) is 0 Å². The van der Waals surface area contributed by atoms with E-state index in [0.717, 1.165) is 24.5 Å². The molecule has 16 heavy (non-hydrogen) atoms. The van der Waals surface area contributed by atoms with Crippen molar-refractivity contribution in [1.82, 2.24) is 15.6 Å². The molecule has 4 nitrogen and oxygen atoms in total. The Labute approximate surface area is 98.8 Å². The van der Waals surface area contributed by atoms with Gasteiger partial charge in [-0.05, 0) is 19.9 Å². The highest BCUT2D eigenvalue weighted by Crippen LogP contribution is 2.11. The second-order valence-corrected chi connectivity index (χ2v) is 4.98. The molecule has 1 aromatic heterocycles. The largest absolute Gasteiger partial charge is 0.348 e. The number of amides is 1. The van der Waals surface area contributed by atoms with E-state index in [2.05, 4.69) is 21.7 Å². The van der Waals surface area contributed by atoms with Crippen LogP contribution in [0.3, 0.4) is 0 Å². The monoisotopic (exact) mass is 237 g/mol. The molecule has 1 amide bonds. The fraction of sp³-hybridized carbons (Fsp3) is 0.455. The van der Waals surface area contributed by atoms with Crippen LogP contribution in [0.4, 0.5) is 0 Å². The molecule has 2 heterocycles. The van der Waals surface area contributed by atoms with Crippen molar-refractivity contribution in [2.45, 2.75) is 13.3 Å². The molecule has 2 rings (SSSR count). The first kappa shape index (κ1) is 11.3. The summed E-state index contributed by atoms with van der Waals surface area (Å²) in [6.07, 6.45) is 4.79. The maximum Gasteiger partial charge on any atom is 0.263 e. The number of hydrogen-bond acceptors (Lipinski definition) is 4. The van der Waals surface area contributed by atoms with E-state index in [1.807, 2.05) is 6.92 Å². The van der Waals surface area contributed by atoms with E-state index in [4.69, 9.17) is 0 Å². The lowest BCUT2D eigenvalue weighted by atomic mass is 10.1. The van der Waals surface area contributed by atoms with E-state index in [1.165, 1.54) is 16.9 Å². The normalized spacial score (nSPS) is 15.7. The molecule has 0 bridgehead atoms. The zero-order chi connectivity index (χ0) is 11.4. The molecule has 0 aliphatic carbocycles. The first-order valence-corrected chi connectivity index (χ1v) is 6.16. The molecule has 5 heteroatoms. The Morgan fingerprint density at radius 3 is 3.19 bits per heavy atom. The molecule has 2 N–H and O–H groups in total. The van der Waals surface area contributed by atoms with Crippen LogP contribution in [0.15, 0.2) is 17.8 Å². The van der Waals surface area contributed by atoms with Crippen molar-refractivity contribution in [3.05, 3.63) is 27.7 Å². The molecule has 1 aromatic rings. The van der Waals surface area contributed by atoms with Crippen LogP contribution < -0.4 is 10.6 Å². The Morgan fingerprint density at radius 1 is 1.69 bits per heavy atom. The van der Waals surface area contributed by atoms with Gasteiger partial charge >= 0.3 is 0 Å². The Bertz CT molecular complexity index is 411. The number of thiazole rings is 1. The molecule has 0 atom stereocenters. The Morgan fingerprint density at radius 2 is 2.56 bits per heavy atom. The Hall–Kier alpha value is -1.20. The van der Waals surface area contributed by atoms with Gasteiger partial charge in [-0.15, -0.1) is 11.3 Å². The van der Waals surface area contributed by atoms with Gasteiger partial charge in [0, 0.05) is 13.1 Å². The summed E-state index contributed by atoms with van der Waals surface area (Å²) in [4.78, 5) is 16.5. The van der Waals surface area contributed by atoms with Gasteiger partial charge in [0.15, 0.2) is 0 Å². The number of nitrogens with one attached hydrogen (secondary N) is 2. The van der Waals surface area contributed by atoms with Gasteiger partial charge in [0.1, 0.15) is 4.88 Å². The summed E-state index contributed by atoms with van der Waals surface area (Å²) in [6.45, 7) is 4.46. The summed E-state index contributed by atoms with van der Waals surface area (Å²) in [5.74, 6) is -0.0231. The zero-order valence-corrected chi connectivity index (χ0v) is 10.1. The number of aryl methyl sites for hydroxylation is 1. The molecular formula is C11H15N3OS. The predicted molar refractivity (Wildman–Crippen MR) is 64.8 cm³/mol. The smallest absolute Gasteiger partial charge is 0.263 e. The molecule has 1 aliphatic rings. The summed E-state index contributed by atoms with van der Waals surface area (Å²) in [6, 6.07) is 0. The number of hydrogen-bond donors (Lipinski definition) is 2. The lowest BCUT2D eigenvalue weighted by Crippen LogP contribution is -2.29. The minimum absolute atomic E-state index is 0.0231. The quantitative estimate of drug-likeness (QED) is 0.774. The predicted octanol–water partition coefficient (Wildman–Crippen LogP) is 1.10. The van der Waals surface area contributed by atoms with Gasteiger partial charge in [-0.3, -0.25) is 4.79 Å². The summed E-state index contributed by atoms with van der Waals surface area (Å²) >= 11 is 1.43. The van der Waals surface area contributed by atoms with Gasteiger partial charge in [-0.2, -0.15) is 0 Å². The molecule has 1 aliphatic heterocycles. The average molecular weight is 237 g/mol. The van der Waals surface area contributed by atoms with Crippen LogP contribution >= 0.6 is 11.3 Å². The highest BCUT2D eigenvalue weighted by Gasteiger charge is 2.09. The maximum absolute atomic E-state index is 11.7. The second kappa shape index (κ2) is 5.23. The van der Waals surface area contributed by atoms with Gasteiger partial charge in [-0.1, -0.05) is 11.6 Å². The van der Waals surface area contributed by atoms with Crippen LogP contribution in [0.1, 0.15) is 21.1 Å². The van der Waals surface area contributed by atoms with E-state index in [9.17, 15) is 4.79 Å². The van der Waals surface area contributed by atoms with E-state index >= 15 is 0 Å². The SMILES string of the molecule is Cc1ncc(C(=O)NCC2=CCNCC2)s1. The van der Waals surface area contributed by atoms with E-state index in [-0.39, 0.29) is 5.91 Å². The number of nitrogens with zero attached hydrogens (tertiary/aromatic N) is 1. The van der Waals surface area contributed by atoms with Crippen molar-refractivity contribution >= 4 is 17.2 Å². The molecule has 0 aromatic carbocycles. The highest BCUT2D eigenvalue weighted by atomic mass is 32.1. The first-order chi connectivity index (χ1) is 7.75. The number of aromatic nitrogens is 1. The molecule has 86 valence electrons. The van der Waals surface area contributed by atoms with Crippen LogP contribution in [0.2, 0.25) is 0 Å². The maximum atomic E-state index is 11.7. The lowest BCUT2D eigenvalue weighted by Gasteiger charge is -2.14. The van der Waals surface area contributed by atoms with Gasteiger partial charge in [0.2, 0.25) is 0 Å². The van der Waals surface area contributed by atoms with Gasteiger partial charge in [-0.25, -0.2) is 4.98 Å². The Balaban J connectivity index is 1.86. The molecule has 0 unspecified atom stereocenters. The van der Waals surface area contributed by atoms with Crippen LogP contribution in [-0.4, -0.2) is 30.5 Å². The molecule has 0 radical (unpaired) electrons. The standard InChI is InChI=1S/C11H15N3OS/c1-8-13-7-10(16-8)11(15)14-6-9-2-4-12-5-3-9/h2,7,12H,3-6H2,1H3,(H,14,15). The van der Waals surface area contributed by atoms with E-state index in [0.29, 0.717) is 11.4 Å². The number of carbonyl (C=O) groups excluding carboxylic acids is 1. The zero-order valence-electron chi connectivity index (χ0n) is 9.25. The minimum atomic E-state index is -0.0231. The molecule has 0 spiro atoms. The van der Waals surface area contributed by atoms with Crippen molar-refractivity contribution in [3.8, 4) is 0 Å². The third kappa shape index (κ3) is 2.90. The first-order valence-electron chi connectivity index (χ1n) is 5.35. The third-order valence-electron chi connectivity index (χ3n) is 2.48. The van der Waals surface area contributed by atoms with Crippen molar-refractivity contribution in [3.63, 3.8) is 0 Å². The van der Waals surface area contributed by atoms with Crippen LogP contribution in [0.5, 0.6) is 0 Å². The topological polar surface area (TPSA) is 54.0 Å². The summed E-state index contributed by atoms with van der Waals surface area (Å²) in [5.41, 5.74) is 1.30. The van der Waals surface area contributed by atoms with Gasteiger partial charge in [0.05, 0.1) is 11.2 Å². The van der Waals surface area contributed by atoms with Crippen LogP contribution in [0.25, 0.3) is 0 Å². The van der Waals surface area contributed by atoms with E-state index < -0.39 is 0 Å². The van der Waals surface area contributed by atoms with E-state index in [1.54, 1.807) is 6.20 Å². The molecule has 0 fully saturated rings. The van der Waals surface area contributed by atoms with Crippen molar-refractivity contribution in [2.24, 2.45) is 0 Å². The van der Waals surface area contributed by atoms with Crippen LogP contribution in [0, 0.1) is 6.92 Å². The van der Waals surface area contributed by atoms with Crippen molar-refractivity contribution < 1.29 is 4.79 Å². The second-order valence-electron chi connectivity index (χ2n) is 3.74. The van der Waals surface area contributed by atoms with Gasteiger partial charge in [0.25, 0.3) is 5.91 Å². The summed E-state index contributed by atoms with van der Waals surface area (Å²) < 4.78 is 0. The average Bonchev–Trinajstić information content (AvgIpc) is 2.74. The Kier molecular flexibility index (Phi) is 3.69. The summed E-state index contributed by atoms with van der Waals surface area (Å²) in [5, 5.41) is 7.08. The van der Waals surface area contributed by atoms with Crippen molar-refractivity contribution in [1.29, 1.82) is 0 Å². The third-order valence-corrected chi connectivity index (χ3v) is 3.39. The lowest BCUT2D eigenvalue weighted by molar-refractivity contribution is 0.0960. The molecule has 0 saturated carbocycles. The molecule has 0 saturated heterocycles. The number of carbonyl (C=O) groups is 1. The summed E-state index contributed by atoms with van der Waals surface area (Å²) in [7, 11) is 0. The fourth-order valence-electron chi connectivity index (χ4n) is 1.58. The highest BCUT2D eigenvalue weighted by molar-refractivity contribution is 7.13. The minimum Gasteiger partial charge on any atom is -0.348 e. The molecular weight excluding hydrogens is 222 g/mol.